The first-order chi connectivity index (χ1) is 11.2. The van der Waals surface area contributed by atoms with Crippen molar-refractivity contribution in [2.24, 2.45) is 0 Å². The molecular weight excluding hydrogens is 295 g/mol. The standard InChI is InChI=1S/C18H13FN2O2/c19-16-4-2-1-3-13(16)7-10-18(22)21-15-8-5-14(6-9-15)17-11-12-20-23-17/h1-12H,(H,21,22)/b10-7+. The molecule has 3 aromatic rings. The van der Waals surface area contributed by atoms with Crippen molar-refractivity contribution in [1.82, 2.24) is 5.16 Å². The van der Waals surface area contributed by atoms with E-state index in [0.29, 0.717) is 17.0 Å². The molecule has 5 heteroatoms. The fourth-order valence-electron chi connectivity index (χ4n) is 2.04. The lowest BCUT2D eigenvalue weighted by molar-refractivity contribution is -0.111. The summed E-state index contributed by atoms with van der Waals surface area (Å²) in [4.78, 5) is 11.9. The Bertz CT molecular complexity index is 824. The van der Waals surface area contributed by atoms with Crippen LogP contribution in [0.25, 0.3) is 17.4 Å². The van der Waals surface area contributed by atoms with Gasteiger partial charge in [-0.2, -0.15) is 0 Å². The van der Waals surface area contributed by atoms with Gasteiger partial charge in [-0.05, 0) is 36.4 Å². The highest BCUT2D eigenvalue weighted by Gasteiger charge is 2.03. The molecule has 114 valence electrons. The highest BCUT2D eigenvalue weighted by atomic mass is 19.1. The molecule has 0 saturated carbocycles. The van der Waals surface area contributed by atoms with Crippen LogP contribution in [-0.2, 0) is 4.79 Å². The quantitative estimate of drug-likeness (QED) is 0.737. The third-order valence-electron chi connectivity index (χ3n) is 3.19. The summed E-state index contributed by atoms with van der Waals surface area (Å²) in [7, 11) is 0. The molecule has 0 aliphatic carbocycles. The Morgan fingerprint density at radius 2 is 1.87 bits per heavy atom. The Kier molecular flexibility index (Phi) is 4.29. The first kappa shape index (κ1) is 14.7. The number of rotatable bonds is 4. The Balaban J connectivity index is 1.65. The number of nitrogens with one attached hydrogen (secondary N) is 1. The van der Waals surface area contributed by atoms with Gasteiger partial charge in [-0.1, -0.05) is 23.4 Å². The molecule has 3 rings (SSSR count). The van der Waals surface area contributed by atoms with Gasteiger partial charge in [-0.25, -0.2) is 4.39 Å². The first-order valence-corrected chi connectivity index (χ1v) is 6.97. The Hall–Kier alpha value is -3.21. The van der Waals surface area contributed by atoms with Crippen LogP contribution in [0.2, 0.25) is 0 Å². The van der Waals surface area contributed by atoms with E-state index >= 15 is 0 Å². The molecular formula is C18H13FN2O2. The summed E-state index contributed by atoms with van der Waals surface area (Å²) in [5, 5.41) is 6.35. The van der Waals surface area contributed by atoms with Gasteiger partial charge < -0.3 is 9.84 Å². The number of benzene rings is 2. The van der Waals surface area contributed by atoms with Gasteiger partial charge in [0, 0.05) is 29.0 Å². The van der Waals surface area contributed by atoms with Crippen molar-refractivity contribution >= 4 is 17.7 Å². The third kappa shape index (κ3) is 3.71. The number of hydrogen-bond acceptors (Lipinski definition) is 3. The predicted molar refractivity (Wildman–Crippen MR) is 86.0 cm³/mol. The molecule has 0 bridgehead atoms. The molecule has 0 fully saturated rings. The maximum Gasteiger partial charge on any atom is 0.248 e. The number of carbonyl (C=O) groups is 1. The van der Waals surface area contributed by atoms with Crippen molar-refractivity contribution in [2.45, 2.75) is 0 Å². The van der Waals surface area contributed by atoms with E-state index in [4.69, 9.17) is 4.52 Å². The molecule has 1 amide bonds. The van der Waals surface area contributed by atoms with E-state index in [1.807, 2.05) is 12.1 Å². The van der Waals surface area contributed by atoms with Gasteiger partial charge in [-0.15, -0.1) is 0 Å². The average Bonchev–Trinajstić information content (AvgIpc) is 3.09. The molecule has 0 radical (unpaired) electrons. The molecule has 0 spiro atoms. The van der Waals surface area contributed by atoms with Crippen molar-refractivity contribution in [3.8, 4) is 11.3 Å². The second-order valence-electron chi connectivity index (χ2n) is 4.80. The number of amides is 1. The summed E-state index contributed by atoms with van der Waals surface area (Å²) in [6.45, 7) is 0. The molecule has 1 N–H and O–H groups in total. The average molecular weight is 308 g/mol. The minimum Gasteiger partial charge on any atom is -0.356 e. The number of anilines is 1. The van der Waals surface area contributed by atoms with E-state index < -0.39 is 0 Å². The van der Waals surface area contributed by atoms with E-state index in [9.17, 15) is 9.18 Å². The van der Waals surface area contributed by atoms with Crippen molar-refractivity contribution < 1.29 is 13.7 Å². The second kappa shape index (κ2) is 6.70. The normalized spacial score (nSPS) is 10.8. The van der Waals surface area contributed by atoms with Crippen LogP contribution in [0.4, 0.5) is 10.1 Å². The smallest absolute Gasteiger partial charge is 0.248 e. The van der Waals surface area contributed by atoms with E-state index in [1.54, 1.807) is 42.6 Å². The first-order valence-electron chi connectivity index (χ1n) is 6.97. The Labute approximate surface area is 132 Å². The summed E-state index contributed by atoms with van der Waals surface area (Å²) in [5.74, 6) is -0.0454. The SMILES string of the molecule is O=C(/C=C/c1ccccc1F)Nc1ccc(-c2ccno2)cc1. The zero-order valence-corrected chi connectivity index (χ0v) is 12.1. The minimum absolute atomic E-state index is 0.333. The van der Waals surface area contributed by atoms with E-state index in [2.05, 4.69) is 10.5 Å². The zero-order valence-electron chi connectivity index (χ0n) is 12.1. The van der Waals surface area contributed by atoms with Crippen LogP contribution in [-0.4, -0.2) is 11.1 Å². The van der Waals surface area contributed by atoms with E-state index in [0.717, 1.165) is 5.56 Å². The van der Waals surface area contributed by atoms with Gasteiger partial charge in [0.15, 0.2) is 5.76 Å². The number of nitrogens with zero attached hydrogens (tertiary/aromatic N) is 1. The molecule has 23 heavy (non-hydrogen) atoms. The molecule has 0 aliphatic heterocycles. The molecule has 4 nitrogen and oxygen atoms in total. The van der Waals surface area contributed by atoms with Crippen molar-refractivity contribution in [2.75, 3.05) is 5.32 Å². The molecule has 1 aromatic heterocycles. The number of carbonyl (C=O) groups excluding carboxylic acids is 1. The number of aromatic nitrogens is 1. The molecule has 0 saturated heterocycles. The highest BCUT2D eigenvalue weighted by molar-refractivity contribution is 6.02. The summed E-state index contributed by atoms with van der Waals surface area (Å²) in [6.07, 6.45) is 4.30. The van der Waals surface area contributed by atoms with Crippen LogP contribution in [0.1, 0.15) is 5.56 Å². The van der Waals surface area contributed by atoms with Crippen LogP contribution in [0.3, 0.4) is 0 Å². The van der Waals surface area contributed by atoms with Crippen LogP contribution >= 0.6 is 0 Å². The minimum atomic E-state index is -0.368. The lowest BCUT2D eigenvalue weighted by Crippen LogP contribution is -2.07. The maximum atomic E-state index is 13.4. The van der Waals surface area contributed by atoms with Crippen LogP contribution in [0.5, 0.6) is 0 Å². The van der Waals surface area contributed by atoms with Gasteiger partial charge >= 0.3 is 0 Å². The maximum absolute atomic E-state index is 13.4. The van der Waals surface area contributed by atoms with E-state index in [-0.39, 0.29) is 11.7 Å². The predicted octanol–water partition coefficient (Wildman–Crippen LogP) is 4.13. The molecule has 1 heterocycles. The number of hydrogen-bond donors (Lipinski definition) is 1. The van der Waals surface area contributed by atoms with Crippen LogP contribution in [0.15, 0.2) is 71.4 Å². The largest absolute Gasteiger partial charge is 0.356 e. The second-order valence-corrected chi connectivity index (χ2v) is 4.80. The Morgan fingerprint density at radius 1 is 1.09 bits per heavy atom. The fourth-order valence-corrected chi connectivity index (χ4v) is 2.04. The molecule has 0 aliphatic rings. The van der Waals surface area contributed by atoms with Gasteiger partial charge in [0.2, 0.25) is 5.91 Å². The Morgan fingerprint density at radius 3 is 2.57 bits per heavy atom. The molecule has 2 aromatic carbocycles. The zero-order chi connectivity index (χ0) is 16.1. The molecule has 0 atom stereocenters. The van der Waals surface area contributed by atoms with Crippen LogP contribution < -0.4 is 5.32 Å². The topological polar surface area (TPSA) is 55.1 Å². The summed E-state index contributed by atoms with van der Waals surface area (Å²) in [5.41, 5.74) is 1.86. The highest BCUT2D eigenvalue weighted by Crippen LogP contribution is 2.20. The summed E-state index contributed by atoms with van der Waals surface area (Å²) >= 11 is 0. The molecule has 0 unspecified atom stereocenters. The summed E-state index contributed by atoms with van der Waals surface area (Å²) in [6, 6.07) is 15.2. The van der Waals surface area contributed by atoms with Gasteiger partial charge in [0.1, 0.15) is 5.82 Å². The fraction of sp³-hybridized carbons (Fsp3) is 0. The van der Waals surface area contributed by atoms with Gasteiger partial charge in [-0.3, -0.25) is 4.79 Å². The number of halogens is 1. The third-order valence-corrected chi connectivity index (χ3v) is 3.19. The van der Waals surface area contributed by atoms with Crippen molar-refractivity contribution in [3.05, 3.63) is 78.3 Å². The van der Waals surface area contributed by atoms with Crippen LogP contribution in [0, 0.1) is 5.82 Å². The lowest BCUT2D eigenvalue weighted by Gasteiger charge is -2.03. The van der Waals surface area contributed by atoms with E-state index in [1.165, 1.54) is 18.2 Å². The van der Waals surface area contributed by atoms with Crippen molar-refractivity contribution in [3.63, 3.8) is 0 Å². The van der Waals surface area contributed by atoms with Gasteiger partial charge in [0.05, 0.1) is 6.20 Å². The lowest BCUT2D eigenvalue weighted by atomic mass is 10.1. The van der Waals surface area contributed by atoms with Crippen molar-refractivity contribution in [1.29, 1.82) is 0 Å². The van der Waals surface area contributed by atoms with Gasteiger partial charge in [0.25, 0.3) is 0 Å². The summed E-state index contributed by atoms with van der Waals surface area (Å²) < 4.78 is 18.5. The monoisotopic (exact) mass is 308 g/mol.